The molecular formula is C14H22N2O2. The summed E-state index contributed by atoms with van der Waals surface area (Å²) in [6, 6.07) is 0. The minimum atomic E-state index is -0.263. The van der Waals surface area contributed by atoms with Crippen LogP contribution in [0.1, 0.15) is 47.3 Å². The Balaban J connectivity index is 2.51. The summed E-state index contributed by atoms with van der Waals surface area (Å²) >= 11 is 0. The van der Waals surface area contributed by atoms with E-state index in [2.05, 4.69) is 25.9 Å². The maximum absolute atomic E-state index is 12.7. The van der Waals surface area contributed by atoms with Gasteiger partial charge in [0.25, 0.3) is 0 Å². The van der Waals surface area contributed by atoms with E-state index in [1.54, 1.807) is 6.20 Å². The minimum absolute atomic E-state index is 0.0582. The van der Waals surface area contributed by atoms with Crippen LogP contribution in [0.2, 0.25) is 0 Å². The first kappa shape index (κ1) is 13.1. The van der Waals surface area contributed by atoms with Crippen molar-refractivity contribution in [2.75, 3.05) is 4.90 Å². The van der Waals surface area contributed by atoms with Crippen molar-refractivity contribution in [2.24, 2.45) is 11.3 Å². The normalized spacial score (nSPS) is 21.1. The zero-order chi connectivity index (χ0) is 13.7. The number of amides is 1. The molecule has 4 nitrogen and oxygen atoms in total. The number of nitrogens with zero attached hydrogens (tertiary/aromatic N) is 2. The predicted octanol–water partition coefficient (Wildman–Crippen LogP) is 3.02. The van der Waals surface area contributed by atoms with Crippen molar-refractivity contribution in [1.29, 1.82) is 0 Å². The Labute approximate surface area is 108 Å². The van der Waals surface area contributed by atoms with E-state index < -0.39 is 0 Å². The molecule has 0 saturated carbocycles. The molecule has 2 heterocycles. The molecule has 1 unspecified atom stereocenters. The summed E-state index contributed by atoms with van der Waals surface area (Å²) in [5, 5.41) is 3.85. The zero-order valence-electron chi connectivity index (χ0n) is 12.1. The molecule has 1 aromatic rings. The van der Waals surface area contributed by atoms with Crippen LogP contribution >= 0.6 is 0 Å². The molecule has 0 N–H and O–H groups in total. The molecule has 0 aromatic carbocycles. The van der Waals surface area contributed by atoms with Gasteiger partial charge in [-0.3, -0.25) is 4.79 Å². The Bertz CT molecular complexity index is 463. The quantitative estimate of drug-likeness (QED) is 0.711. The van der Waals surface area contributed by atoms with Gasteiger partial charge in [0.05, 0.1) is 12.1 Å². The highest BCUT2D eigenvalue weighted by Gasteiger charge is 2.45. The number of hydrogen-bond acceptors (Lipinski definition) is 3. The van der Waals surface area contributed by atoms with Crippen molar-refractivity contribution >= 4 is 11.6 Å². The smallest absolute Gasteiger partial charge is 0.231 e. The van der Waals surface area contributed by atoms with Crippen LogP contribution in [-0.4, -0.2) is 16.6 Å². The van der Waals surface area contributed by atoms with Crippen molar-refractivity contribution in [3.05, 3.63) is 12.0 Å². The second-order valence-corrected chi connectivity index (χ2v) is 7.10. The van der Waals surface area contributed by atoms with E-state index in [0.717, 1.165) is 11.4 Å². The summed E-state index contributed by atoms with van der Waals surface area (Å²) in [6.45, 7) is 12.4. The Morgan fingerprint density at radius 3 is 2.39 bits per heavy atom. The fourth-order valence-corrected chi connectivity index (χ4v) is 2.50. The molecule has 18 heavy (non-hydrogen) atoms. The van der Waals surface area contributed by atoms with Gasteiger partial charge in [-0.15, -0.1) is 0 Å². The van der Waals surface area contributed by atoms with Crippen molar-refractivity contribution < 1.29 is 9.32 Å². The lowest BCUT2D eigenvalue weighted by atomic mass is 9.75. The lowest BCUT2D eigenvalue weighted by Crippen LogP contribution is -2.53. The van der Waals surface area contributed by atoms with Gasteiger partial charge in [0, 0.05) is 12.0 Å². The van der Waals surface area contributed by atoms with E-state index >= 15 is 0 Å². The summed E-state index contributed by atoms with van der Waals surface area (Å²) in [6.07, 6.45) is 2.29. The van der Waals surface area contributed by atoms with Crippen molar-refractivity contribution in [3.63, 3.8) is 0 Å². The maximum atomic E-state index is 12.7. The lowest BCUT2D eigenvalue weighted by molar-refractivity contribution is -0.127. The minimum Gasteiger partial charge on any atom is -0.359 e. The second-order valence-electron chi connectivity index (χ2n) is 7.10. The van der Waals surface area contributed by atoms with Crippen LogP contribution in [0.15, 0.2) is 10.7 Å². The largest absolute Gasteiger partial charge is 0.359 e. The molecule has 4 heteroatoms. The van der Waals surface area contributed by atoms with Gasteiger partial charge in [-0.2, -0.15) is 0 Å². The monoisotopic (exact) mass is 250 g/mol. The van der Waals surface area contributed by atoms with E-state index in [-0.39, 0.29) is 22.8 Å². The molecule has 100 valence electrons. The number of anilines is 1. The Kier molecular flexibility index (Phi) is 2.80. The molecule has 0 radical (unpaired) electrons. The van der Waals surface area contributed by atoms with Gasteiger partial charge < -0.3 is 9.42 Å². The fraction of sp³-hybridized carbons (Fsp3) is 0.714. The van der Waals surface area contributed by atoms with Gasteiger partial charge in [0.1, 0.15) is 5.69 Å². The number of rotatable bonds is 0. The number of carbonyl (C=O) groups excluding carboxylic acids is 1. The van der Waals surface area contributed by atoms with Crippen LogP contribution in [0, 0.1) is 11.3 Å². The summed E-state index contributed by atoms with van der Waals surface area (Å²) in [4.78, 5) is 14.6. The molecule has 0 fully saturated rings. The summed E-state index contributed by atoms with van der Waals surface area (Å²) < 4.78 is 5.31. The third kappa shape index (κ3) is 2.04. The van der Waals surface area contributed by atoms with Crippen molar-refractivity contribution in [1.82, 2.24) is 5.16 Å². The molecule has 2 rings (SSSR count). The van der Waals surface area contributed by atoms with Crippen LogP contribution in [-0.2, 0) is 11.2 Å². The Morgan fingerprint density at radius 1 is 1.28 bits per heavy atom. The molecule has 0 saturated heterocycles. The summed E-state index contributed by atoms with van der Waals surface area (Å²) in [7, 11) is 0. The first-order chi connectivity index (χ1) is 8.12. The van der Waals surface area contributed by atoms with E-state index in [1.807, 2.05) is 25.7 Å². The second kappa shape index (κ2) is 3.84. The Hall–Kier alpha value is -1.32. The lowest BCUT2D eigenvalue weighted by Gasteiger charge is -2.43. The van der Waals surface area contributed by atoms with Gasteiger partial charge in [-0.1, -0.05) is 25.9 Å². The molecule has 0 aliphatic carbocycles. The third-order valence-corrected chi connectivity index (χ3v) is 3.49. The van der Waals surface area contributed by atoms with E-state index in [0.29, 0.717) is 6.42 Å². The zero-order valence-corrected chi connectivity index (χ0v) is 12.1. The molecule has 1 aliphatic rings. The van der Waals surface area contributed by atoms with Crippen LogP contribution < -0.4 is 4.90 Å². The summed E-state index contributed by atoms with van der Waals surface area (Å²) in [5.41, 5.74) is 0.486. The summed E-state index contributed by atoms with van der Waals surface area (Å²) in [5.74, 6) is 0.937. The topological polar surface area (TPSA) is 46.3 Å². The van der Waals surface area contributed by atoms with E-state index in [9.17, 15) is 4.79 Å². The molecule has 1 aliphatic heterocycles. The van der Waals surface area contributed by atoms with Gasteiger partial charge in [0.15, 0.2) is 5.76 Å². The van der Waals surface area contributed by atoms with Crippen LogP contribution in [0.3, 0.4) is 0 Å². The third-order valence-electron chi connectivity index (χ3n) is 3.49. The highest BCUT2D eigenvalue weighted by molar-refractivity contribution is 5.99. The predicted molar refractivity (Wildman–Crippen MR) is 70.4 cm³/mol. The standard InChI is InChI=1S/C14H22N2O2/c1-13(2,3)9-7-11-10(8-15-18-11)16(12(9)17)14(4,5)6/h8-9H,7H2,1-6H3. The number of aromatic nitrogens is 1. The van der Waals surface area contributed by atoms with Crippen LogP contribution in [0.4, 0.5) is 5.69 Å². The fourth-order valence-electron chi connectivity index (χ4n) is 2.50. The first-order valence-corrected chi connectivity index (χ1v) is 6.40. The molecule has 0 spiro atoms. The number of carbonyl (C=O) groups is 1. The highest BCUT2D eigenvalue weighted by Crippen LogP contribution is 2.41. The average molecular weight is 250 g/mol. The van der Waals surface area contributed by atoms with Crippen molar-refractivity contribution in [3.8, 4) is 0 Å². The molecule has 0 bridgehead atoms. The SMILES string of the molecule is CC(C)(C)C1Cc2oncc2N(C(C)(C)C)C1=O. The molecule has 1 atom stereocenters. The van der Waals surface area contributed by atoms with Crippen LogP contribution in [0.25, 0.3) is 0 Å². The van der Waals surface area contributed by atoms with Crippen LogP contribution in [0.5, 0.6) is 0 Å². The molecule has 1 aromatic heterocycles. The highest BCUT2D eigenvalue weighted by atomic mass is 16.5. The van der Waals surface area contributed by atoms with E-state index in [1.165, 1.54) is 0 Å². The number of hydrogen-bond donors (Lipinski definition) is 0. The first-order valence-electron chi connectivity index (χ1n) is 6.40. The average Bonchev–Trinajstić information content (AvgIpc) is 2.59. The maximum Gasteiger partial charge on any atom is 0.231 e. The number of fused-ring (bicyclic) bond motifs is 1. The van der Waals surface area contributed by atoms with Gasteiger partial charge in [-0.25, -0.2) is 0 Å². The molecular weight excluding hydrogens is 228 g/mol. The van der Waals surface area contributed by atoms with Gasteiger partial charge in [0.2, 0.25) is 5.91 Å². The van der Waals surface area contributed by atoms with Crippen molar-refractivity contribution in [2.45, 2.75) is 53.5 Å². The van der Waals surface area contributed by atoms with E-state index in [4.69, 9.17) is 4.52 Å². The Morgan fingerprint density at radius 2 is 1.89 bits per heavy atom. The molecule has 1 amide bonds. The van der Waals surface area contributed by atoms with Gasteiger partial charge in [-0.05, 0) is 26.2 Å². The van der Waals surface area contributed by atoms with Gasteiger partial charge >= 0.3 is 0 Å².